The quantitative estimate of drug-likeness (QED) is 0.484. The number of hydrogen-bond acceptors (Lipinski definition) is 8. The number of hydrogen-bond donors (Lipinski definition) is 2. The van der Waals surface area contributed by atoms with E-state index in [1.165, 1.54) is 0 Å². The monoisotopic (exact) mass is 412 g/mol. The molecule has 0 aromatic carbocycles. The number of ketones is 2. The average molecular weight is 414 g/mol. The van der Waals surface area contributed by atoms with Crippen LogP contribution in [0, 0.1) is 0 Å². The fourth-order valence-corrected chi connectivity index (χ4v) is 0.572. The molecule has 0 rings (SSSR count). The Bertz CT molecular complexity index is 275. The molecule has 0 amide bonds. The third-order valence-electron chi connectivity index (χ3n) is 1.47. The van der Waals surface area contributed by atoms with Gasteiger partial charge in [-0.2, -0.15) is 0 Å². The second-order valence-corrected chi connectivity index (χ2v) is 3.51. The van der Waals surface area contributed by atoms with E-state index in [4.69, 9.17) is 10.2 Å². The van der Waals surface area contributed by atoms with Gasteiger partial charge in [0.15, 0.2) is 0 Å². The molecule has 0 atom stereocenters. The van der Waals surface area contributed by atoms with E-state index in [9.17, 15) is 29.4 Å². The number of Topliss-reactive ketones (excluding diaryl/α,β-unsaturated/α-hetero) is 2. The van der Waals surface area contributed by atoms with E-state index in [1.807, 2.05) is 0 Å². The molecule has 0 aliphatic rings. The Morgan fingerprint density at radius 1 is 0.696 bits per heavy atom. The Balaban J connectivity index is -0.0000000680. The topological polar surface area (TPSA) is 155 Å². The van der Waals surface area contributed by atoms with Crippen LogP contribution >= 0.6 is 0 Å². The third kappa shape index (κ3) is 62.5. The largest absolute Gasteiger partial charge is 2.00 e. The Hall–Kier alpha value is -0.917. The second-order valence-electron chi connectivity index (χ2n) is 3.51. The van der Waals surface area contributed by atoms with Crippen LogP contribution in [0.25, 0.3) is 0 Å². The molecule has 0 unspecified atom stereocenters. The smallest absolute Gasteiger partial charge is 0.550 e. The maximum atomic E-state index is 10.2. The Morgan fingerprint density at radius 2 is 0.870 bits per heavy atom. The van der Waals surface area contributed by atoms with Gasteiger partial charge in [0, 0.05) is 50.8 Å². The molecule has 0 aromatic heterocycles. The molecule has 8 nitrogen and oxygen atoms in total. The summed E-state index contributed by atoms with van der Waals surface area (Å²) in [6.45, 7) is 7.09. The second kappa shape index (κ2) is 29.1. The molecule has 0 saturated carbocycles. The van der Waals surface area contributed by atoms with E-state index in [0.717, 1.165) is 0 Å². The molecular weight excluding hydrogens is 387 g/mol. The van der Waals surface area contributed by atoms with Crippen LogP contribution in [0.5, 0.6) is 0 Å². The maximum Gasteiger partial charge on any atom is 2.00 e. The summed E-state index contributed by atoms with van der Waals surface area (Å²) in [6, 6.07) is 0. The molecule has 0 aliphatic carbocycles. The van der Waals surface area contributed by atoms with Crippen LogP contribution in [0.3, 0.4) is 0 Å². The number of rotatable bonds is 6. The summed E-state index contributed by atoms with van der Waals surface area (Å²) in [4.78, 5) is 39.7. The minimum Gasteiger partial charge on any atom is -0.550 e. The van der Waals surface area contributed by atoms with E-state index in [0.29, 0.717) is 0 Å². The van der Waals surface area contributed by atoms with Crippen LogP contribution < -0.4 is 10.2 Å². The summed E-state index contributed by atoms with van der Waals surface area (Å²) in [5.41, 5.74) is 0. The van der Waals surface area contributed by atoms with Crippen molar-refractivity contribution in [3.05, 3.63) is 0 Å². The molecule has 134 valence electrons. The van der Waals surface area contributed by atoms with Crippen molar-refractivity contribution in [1.82, 2.24) is 0 Å². The van der Waals surface area contributed by atoms with Gasteiger partial charge in [0.05, 0.1) is 0 Å². The standard InChI is InChI=1S/2C5H8O3.2C2H6O.Zr/c2*1-2-4(6)3-5(7)8;2*1-2-3;/h2*2-3H2,1H3,(H,7,8);2*3H,2H2,1H3;/q;;;;+2/p-2. The third-order valence-corrected chi connectivity index (χ3v) is 1.47. The average Bonchev–Trinajstić information content (AvgIpc) is 2.39. The number of carboxylic acid groups (broad SMARTS) is 2. The van der Waals surface area contributed by atoms with Crippen LogP contribution in [0.15, 0.2) is 0 Å². The van der Waals surface area contributed by atoms with E-state index in [1.54, 1.807) is 27.7 Å². The number of aliphatic carboxylic acids is 2. The zero-order valence-corrected chi connectivity index (χ0v) is 16.5. The SMILES string of the molecule is CCC(=O)CC(=O)[O-].CCC(=O)CC(=O)[O-].CCO.CCO.[Zr+2]. The molecule has 0 aliphatic heterocycles. The fourth-order valence-electron chi connectivity index (χ4n) is 0.572. The number of aliphatic hydroxyl groups is 2. The van der Waals surface area contributed by atoms with Gasteiger partial charge in [0.2, 0.25) is 0 Å². The molecule has 0 bridgehead atoms. The van der Waals surface area contributed by atoms with Gasteiger partial charge in [0.25, 0.3) is 0 Å². The number of carboxylic acids is 2. The molecule has 0 fully saturated rings. The van der Waals surface area contributed by atoms with Crippen molar-refractivity contribution in [2.45, 2.75) is 53.4 Å². The molecule has 2 N–H and O–H groups in total. The van der Waals surface area contributed by atoms with Crippen molar-refractivity contribution < 1.29 is 65.8 Å². The first kappa shape index (κ1) is 33.6. The predicted octanol–water partition coefficient (Wildman–Crippen LogP) is -1.79. The molecule has 23 heavy (non-hydrogen) atoms. The number of aliphatic hydroxyl groups excluding tert-OH is 2. The zero-order chi connectivity index (χ0) is 18.6. The molecule has 0 spiro atoms. The van der Waals surface area contributed by atoms with Gasteiger partial charge >= 0.3 is 26.2 Å². The minimum absolute atomic E-state index is 0. The fraction of sp³-hybridized carbons (Fsp3) is 0.714. The van der Waals surface area contributed by atoms with Crippen LogP contribution in [0.1, 0.15) is 53.4 Å². The molecule has 0 aromatic rings. The zero-order valence-electron chi connectivity index (χ0n) is 14.1. The first-order chi connectivity index (χ1) is 10.2. The molecular formula is C14H26O8Zr. The van der Waals surface area contributed by atoms with Gasteiger partial charge in [0.1, 0.15) is 11.6 Å². The summed E-state index contributed by atoms with van der Waals surface area (Å²) < 4.78 is 0. The summed E-state index contributed by atoms with van der Waals surface area (Å²) in [6.07, 6.45) is -0.352. The van der Waals surface area contributed by atoms with Crippen LogP contribution in [-0.2, 0) is 45.4 Å². The van der Waals surface area contributed by atoms with Gasteiger partial charge in [-0.25, -0.2) is 0 Å². The summed E-state index contributed by atoms with van der Waals surface area (Å²) in [7, 11) is 0. The number of carbonyl (C=O) groups excluding carboxylic acids is 4. The number of carbonyl (C=O) groups is 4. The van der Waals surface area contributed by atoms with E-state index in [-0.39, 0.29) is 63.8 Å². The van der Waals surface area contributed by atoms with Gasteiger partial charge in [-0.05, 0) is 13.8 Å². The summed E-state index contributed by atoms with van der Waals surface area (Å²) in [5.74, 6) is -3.16. The first-order valence-corrected chi connectivity index (χ1v) is 6.81. The normalized spacial score (nSPS) is 7.57. The van der Waals surface area contributed by atoms with Gasteiger partial charge in [-0.15, -0.1) is 0 Å². The van der Waals surface area contributed by atoms with Crippen molar-refractivity contribution in [2.75, 3.05) is 13.2 Å². The molecule has 0 heterocycles. The van der Waals surface area contributed by atoms with Crippen molar-refractivity contribution in [2.24, 2.45) is 0 Å². The Labute approximate surface area is 156 Å². The summed E-state index contributed by atoms with van der Waals surface area (Å²) in [5, 5.41) is 34.4. The predicted molar refractivity (Wildman–Crippen MR) is 75.4 cm³/mol. The van der Waals surface area contributed by atoms with Crippen LogP contribution in [0.4, 0.5) is 0 Å². The van der Waals surface area contributed by atoms with Crippen LogP contribution in [-0.4, -0.2) is 46.9 Å². The molecule has 0 radical (unpaired) electrons. The Kier molecular flexibility index (Phi) is 42.6. The van der Waals surface area contributed by atoms with Crippen molar-refractivity contribution in [3.8, 4) is 0 Å². The van der Waals surface area contributed by atoms with E-state index < -0.39 is 24.8 Å². The van der Waals surface area contributed by atoms with Crippen molar-refractivity contribution in [1.29, 1.82) is 0 Å². The molecule has 9 heteroatoms. The van der Waals surface area contributed by atoms with E-state index >= 15 is 0 Å². The van der Waals surface area contributed by atoms with Crippen molar-refractivity contribution >= 4 is 23.5 Å². The van der Waals surface area contributed by atoms with Crippen LogP contribution in [0.2, 0.25) is 0 Å². The van der Waals surface area contributed by atoms with Gasteiger partial charge in [-0.1, -0.05) is 13.8 Å². The molecule has 0 saturated heterocycles. The van der Waals surface area contributed by atoms with E-state index in [2.05, 4.69) is 0 Å². The van der Waals surface area contributed by atoms with Gasteiger partial charge in [-0.3, -0.25) is 9.59 Å². The van der Waals surface area contributed by atoms with Gasteiger partial charge < -0.3 is 30.0 Å². The minimum atomic E-state index is -1.29. The Morgan fingerprint density at radius 3 is 0.913 bits per heavy atom. The first-order valence-electron chi connectivity index (χ1n) is 6.81. The van der Waals surface area contributed by atoms with Crippen molar-refractivity contribution in [3.63, 3.8) is 0 Å². The maximum absolute atomic E-state index is 10.2. The summed E-state index contributed by atoms with van der Waals surface area (Å²) >= 11 is 0.